The van der Waals surface area contributed by atoms with Gasteiger partial charge in [0.15, 0.2) is 0 Å². The van der Waals surface area contributed by atoms with E-state index in [1.54, 1.807) is 0 Å². The van der Waals surface area contributed by atoms with Gasteiger partial charge in [-0.05, 0) is 19.3 Å². The van der Waals surface area contributed by atoms with Gasteiger partial charge in [-0.3, -0.25) is 0 Å². The van der Waals surface area contributed by atoms with Crippen LogP contribution >= 0.6 is 46.4 Å². The quantitative estimate of drug-likeness (QED) is 0.501. The van der Waals surface area contributed by atoms with Gasteiger partial charge in [-0.1, -0.05) is 0 Å². The van der Waals surface area contributed by atoms with Gasteiger partial charge in [0.05, 0.1) is 0 Å². The number of alkyl halides is 4. The smallest absolute Gasteiger partial charge is 0.0234 e. The summed E-state index contributed by atoms with van der Waals surface area (Å²) in [7, 11) is 0. The standard InChI is InChI=1S/C4H8Cl2.C3H6Cl2/c5-3-1-2-4-6;4-2-1-3-5/h1-4H2;1-3H2. The molecular formula is C7H14Cl4. The van der Waals surface area contributed by atoms with Gasteiger partial charge >= 0.3 is 0 Å². The number of hydrogen-bond donors (Lipinski definition) is 0. The zero-order chi connectivity index (χ0) is 8.95. The van der Waals surface area contributed by atoms with Gasteiger partial charge in [-0.25, -0.2) is 0 Å². The van der Waals surface area contributed by atoms with Crippen LogP contribution in [0.2, 0.25) is 0 Å². The van der Waals surface area contributed by atoms with Gasteiger partial charge in [0.1, 0.15) is 0 Å². The molecule has 0 heterocycles. The van der Waals surface area contributed by atoms with Gasteiger partial charge in [-0.2, -0.15) is 0 Å². The molecule has 0 saturated carbocycles. The number of hydrogen-bond acceptors (Lipinski definition) is 0. The van der Waals surface area contributed by atoms with Crippen LogP contribution in [0.5, 0.6) is 0 Å². The molecule has 0 atom stereocenters. The third kappa shape index (κ3) is 24.7. The molecule has 0 fully saturated rings. The highest BCUT2D eigenvalue weighted by molar-refractivity contribution is 6.20. The molecule has 0 aliphatic heterocycles. The van der Waals surface area contributed by atoms with E-state index in [0.717, 1.165) is 31.0 Å². The van der Waals surface area contributed by atoms with Crippen LogP contribution in [0.3, 0.4) is 0 Å². The SMILES string of the molecule is ClCCCCCl.ClCCCCl. The van der Waals surface area contributed by atoms with E-state index in [-0.39, 0.29) is 0 Å². The average molecular weight is 240 g/mol. The van der Waals surface area contributed by atoms with E-state index >= 15 is 0 Å². The Morgan fingerprint density at radius 2 is 0.727 bits per heavy atom. The molecule has 0 aromatic carbocycles. The summed E-state index contributed by atoms with van der Waals surface area (Å²) in [5.74, 6) is 2.85. The lowest BCUT2D eigenvalue weighted by Crippen LogP contribution is -1.74. The van der Waals surface area contributed by atoms with E-state index < -0.39 is 0 Å². The highest BCUT2D eigenvalue weighted by atomic mass is 35.5. The van der Waals surface area contributed by atoms with Crippen molar-refractivity contribution in [3.63, 3.8) is 0 Å². The third-order valence-electron chi connectivity index (χ3n) is 0.785. The van der Waals surface area contributed by atoms with Gasteiger partial charge < -0.3 is 0 Å². The Morgan fingerprint density at radius 3 is 0.818 bits per heavy atom. The Kier molecular flexibility index (Phi) is 23.1. The maximum atomic E-state index is 5.32. The fourth-order valence-electron chi connectivity index (χ4n) is 0.239. The summed E-state index contributed by atoms with van der Waals surface area (Å²) in [5.41, 5.74) is 0. The average Bonchev–Trinajstić information content (AvgIpc) is 2.04. The molecule has 0 spiro atoms. The molecule has 0 unspecified atom stereocenters. The van der Waals surface area contributed by atoms with Crippen LogP contribution in [0.1, 0.15) is 19.3 Å². The lowest BCUT2D eigenvalue weighted by atomic mass is 10.4. The van der Waals surface area contributed by atoms with Gasteiger partial charge in [-0.15, -0.1) is 46.4 Å². The minimum Gasteiger partial charge on any atom is -0.127 e. The van der Waals surface area contributed by atoms with E-state index in [0.29, 0.717) is 11.8 Å². The molecule has 0 amide bonds. The van der Waals surface area contributed by atoms with E-state index in [1.807, 2.05) is 0 Å². The fraction of sp³-hybridized carbons (Fsp3) is 1.00. The van der Waals surface area contributed by atoms with Gasteiger partial charge in [0, 0.05) is 23.5 Å². The molecule has 0 radical (unpaired) electrons. The monoisotopic (exact) mass is 238 g/mol. The topological polar surface area (TPSA) is 0 Å². The Bertz CT molecular complexity index is 43.7. The van der Waals surface area contributed by atoms with E-state index in [4.69, 9.17) is 46.4 Å². The van der Waals surface area contributed by atoms with E-state index in [9.17, 15) is 0 Å². The molecule has 70 valence electrons. The number of rotatable bonds is 5. The highest BCUT2D eigenvalue weighted by Gasteiger charge is 1.78. The Labute approximate surface area is 89.1 Å². The summed E-state index contributed by atoms with van der Waals surface area (Å²) >= 11 is 21.1. The van der Waals surface area contributed by atoms with Crippen molar-refractivity contribution in [2.45, 2.75) is 19.3 Å². The summed E-state index contributed by atoms with van der Waals surface area (Å²) in [6.07, 6.45) is 3.01. The summed E-state index contributed by atoms with van der Waals surface area (Å²) in [6.45, 7) is 0. The second-order valence-electron chi connectivity index (χ2n) is 1.82. The van der Waals surface area contributed by atoms with Crippen molar-refractivity contribution < 1.29 is 0 Å². The first-order chi connectivity index (χ1) is 5.33. The first-order valence-electron chi connectivity index (χ1n) is 3.57. The Morgan fingerprint density at radius 1 is 0.455 bits per heavy atom. The van der Waals surface area contributed by atoms with Crippen molar-refractivity contribution in [2.24, 2.45) is 0 Å². The Hall–Kier alpha value is 1.16. The molecule has 0 bridgehead atoms. The molecule has 0 aromatic rings. The van der Waals surface area contributed by atoms with Crippen LogP contribution in [-0.4, -0.2) is 23.5 Å². The van der Waals surface area contributed by atoms with Crippen molar-refractivity contribution in [2.75, 3.05) is 23.5 Å². The summed E-state index contributed by atoms with van der Waals surface area (Å²) in [5, 5.41) is 0. The van der Waals surface area contributed by atoms with Gasteiger partial charge in [0.25, 0.3) is 0 Å². The summed E-state index contributed by atoms with van der Waals surface area (Å²) in [4.78, 5) is 0. The Balaban J connectivity index is 0. The summed E-state index contributed by atoms with van der Waals surface area (Å²) < 4.78 is 0. The minimum absolute atomic E-state index is 0.684. The third-order valence-corrected chi connectivity index (χ3v) is 1.85. The summed E-state index contributed by atoms with van der Waals surface area (Å²) in [6, 6.07) is 0. The largest absolute Gasteiger partial charge is 0.127 e. The maximum absolute atomic E-state index is 5.32. The zero-order valence-corrected chi connectivity index (χ0v) is 9.49. The second kappa shape index (κ2) is 17.3. The fourth-order valence-corrected chi connectivity index (χ4v) is 1.02. The molecule has 11 heavy (non-hydrogen) atoms. The first-order valence-corrected chi connectivity index (χ1v) is 5.71. The van der Waals surface area contributed by atoms with Crippen LogP contribution in [0.15, 0.2) is 0 Å². The van der Waals surface area contributed by atoms with Crippen molar-refractivity contribution in [1.29, 1.82) is 0 Å². The second-order valence-corrected chi connectivity index (χ2v) is 3.33. The normalized spacial score (nSPS) is 8.73. The lowest BCUT2D eigenvalue weighted by Gasteiger charge is -1.83. The number of unbranched alkanes of at least 4 members (excludes halogenated alkanes) is 1. The molecule has 0 aromatic heterocycles. The minimum atomic E-state index is 0.684. The molecule has 4 heteroatoms. The molecular weight excluding hydrogens is 226 g/mol. The van der Waals surface area contributed by atoms with Crippen LogP contribution < -0.4 is 0 Å². The predicted octanol–water partition coefficient (Wildman–Crippen LogP) is 4.10. The van der Waals surface area contributed by atoms with Crippen molar-refractivity contribution in [3.8, 4) is 0 Å². The molecule has 0 nitrogen and oxygen atoms in total. The zero-order valence-electron chi connectivity index (χ0n) is 6.46. The van der Waals surface area contributed by atoms with Crippen molar-refractivity contribution >= 4 is 46.4 Å². The van der Waals surface area contributed by atoms with Crippen LogP contribution in [0, 0.1) is 0 Å². The maximum Gasteiger partial charge on any atom is 0.0234 e. The predicted molar refractivity (Wildman–Crippen MR) is 56.7 cm³/mol. The molecule has 0 N–H and O–H groups in total. The van der Waals surface area contributed by atoms with E-state index in [1.165, 1.54) is 0 Å². The lowest BCUT2D eigenvalue weighted by molar-refractivity contribution is 0.899. The molecule has 0 aliphatic rings. The van der Waals surface area contributed by atoms with Crippen LogP contribution in [-0.2, 0) is 0 Å². The van der Waals surface area contributed by atoms with Crippen molar-refractivity contribution in [1.82, 2.24) is 0 Å². The van der Waals surface area contributed by atoms with Crippen molar-refractivity contribution in [3.05, 3.63) is 0 Å². The van der Waals surface area contributed by atoms with E-state index in [2.05, 4.69) is 0 Å². The molecule has 0 rings (SSSR count). The van der Waals surface area contributed by atoms with Crippen LogP contribution in [0.4, 0.5) is 0 Å². The highest BCUT2D eigenvalue weighted by Crippen LogP contribution is 1.92. The first kappa shape index (κ1) is 14.7. The number of halogens is 4. The van der Waals surface area contributed by atoms with Gasteiger partial charge in [0.2, 0.25) is 0 Å². The molecule has 0 aliphatic carbocycles. The molecule has 0 saturated heterocycles. The van der Waals surface area contributed by atoms with Crippen LogP contribution in [0.25, 0.3) is 0 Å².